The first kappa shape index (κ1) is 15.8. The molecule has 0 atom stereocenters. The van der Waals surface area contributed by atoms with Gasteiger partial charge >= 0.3 is 5.97 Å². The van der Waals surface area contributed by atoms with E-state index < -0.39 is 0 Å². The number of aryl methyl sites for hydroxylation is 1. The third-order valence-corrected chi connectivity index (χ3v) is 3.47. The summed E-state index contributed by atoms with van der Waals surface area (Å²) in [7, 11) is 0. The zero-order chi connectivity index (χ0) is 16.1. The summed E-state index contributed by atoms with van der Waals surface area (Å²) in [4.78, 5) is 24.3. The summed E-state index contributed by atoms with van der Waals surface area (Å²) < 4.78 is 5.02. The number of carbonyl (C=O) groups excluding carboxylic acids is 2. The highest BCUT2D eigenvalue weighted by Crippen LogP contribution is 2.21. The van der Waals surface area contributed by atoms with Crippen LogP contribution in [-0.4, -0.2) is 18.5 Å². The molecule has 0 heterocycles. The summed E-state index contributed by atoms with van der Waals surface area (Å²) >= 11 is 0. The lowest BCUT2D eigenvalue weighted by molar-refractivity contribution is 0.0525. The van der Waals surface area contributed by atoms with Crippen LogP contribution in [0.4, 0.5) is 5.69 Å². The van der Waals surface area contributed by atoms with E-state index in [0.717, 1.165) is 5.56 Å². The van der Waals surface area contributed by atoms with Crippen LogP contribution in [0.3, 0.4) is 0 Å². The van der Waals surface area contributed by atoms with Gasteiger partial charge in [-0.2, -0.15) is 0 Å². The SMILES string of the molecule is CCOC(=O)c1cccc(NC(=O)c2ccccc2C)c1C. The Bertz CT molecular complexity index is 707. The monoisotopic (exact) mass is 297 g/mol. The van der Waals surface area contributed by atoms with Crippen LogP contribution >= 0.6 is 0 Å². The second kappa shape index (κ2) is 6.89. The van der Waals surface area contributed by atoms with Crippen molar-refractivity contribution < 1.29 is 14.3 Å². The Labute approximate surface area is 130 Å². The second-order valence-electron chi connectivity index (χ2n) is 4.97. The highest BCUT2D eigenvalue weighted by atomic mass is 16.5. The predicted octanol–water partition coefficient (Wildman–Crippen LogP) is 3.73. The zero-order valence-electron chi connectivity index (χ0n) is 13.0. The van der Waals surface area contributed by atoms with Crippen molar-refractivity contribution in [2.45, 2.75) is 20.8 Å². The molecule has 0 aromatic heterocycles. The van der Waals surface area contributed by atoms with Crippen LogP contribution < -0.4 is 5.32 Å². The number of carbonyl (C=O) groups is 2. The smallest absolute Gasteiger partial charge is 0.338 e. The van der Waals surface area contributed by atoms with Crippen molar-refractivity contribution in [1.82, 2.24) is 0 Å². The summed E-state index contributed by atoms with van der Waals surface area (Å²) in [5.41, 5.74) is 3.29. The van der Waals surface area contributed by atoms with Gasteiger partial charge in [0, 0.05) is 11.3 Å². The summed E-state index contributed by atoms with van der Waals surface area (Å²) in [5.74, 6) is -0.575. The molecule has 0 aliphatic heterocycles. The summed E-state index contributed by atoms with van der Waals surface area (Å²) in [5, 5.41) is 2.86. The van der Waals surface area contributed by atoms with Gasteiger partial charge in [-0.15, -0.1) is 0 Å². The minimum Gasteiger partial charge on any atom is -0.462 e. The van der Waals surface area contributed by atoms with E-state index in [1.54, 1.807) is 38.1 Å². The van der Waals surface area contributed by atoms with E-state index in [1.807, 2.05) is 25.1 Å². The maximum absolute atomic E-state index is 12.4. The number of nitrogens with one attached hydrogen (secondary N) is 1. The van der Waals surface area contributed by atoms with E-state index in [9.17, 15) is 9.59 Å². The van der Waals surface area contributed by atoms with Crippen LogP contribution in [0.5, 0.6) is 0 Å². The summed E-state index contributed by atoms with van der Waals surface area (Å²) in [6.45, 7) is 5.76. The van der Waals surface area contributed by atoms with E-state index in [2.05, 4.69) is 5.32 Å². The molecule has 0 bridgehead atoms. The molecule has 0 unspecified atom stereocenters. The molecule has 1 amide bonds. The molecule has 0 fully saturated rings. The average molecular weight is 297 g/mol. The van der Waals surface area contributed by atoms with Gasteiger partial charge in [0.05, 0.1) is 12.2 Å². The minimum atomic E-state index is -0.382. The van der Waals surface area contributed by atoms with Crippen molar-refractivity contribution in [3.63, 3.8) is 0 Å². The van der Waals surface area contributed by atoms with Crippen LogP contribution in [0, 0.1) is 13.8 Å². The van der Waals surface area contributed by atoms with E-state index in [0.29, 0.717) is 29.0 Å². The van der Waals surface area contributed by atoms with Crippen molar-refractivity contribution in [1.29, 1.82) is 0 Å². The third-order valence-electron chi connectivity index (χ3n) is 3.47. The lowest BCUT2D eigenvalue weighted by atomic mass is 10.1. The number of ether oxygens (including phenoxy) is 1. The molecular formula is C18H19NO3. The largest absolute Gasteiger partial charge is 0.462 e. The van der Waals surface area contributed by atoms with Gasteiger partial charge < -0.3 is 10.1 Å². The standard InChI is InChI=1S/C18H19NO3/c1-4-22-18(21)15-10-7-11-16(13(15)3)19-17(20)14-9-6-5-8-12(14)2/h5-11H,4H2,1-3H3,(H,19,20). The number of hydrogen-bond acceptors (Lipinski definition) is 3. The predicted molar refractivity (Wildman–Crippen MR) is 86.3 cm³/mol. The third kappa shape index (κ3) is 3.34. The Morgan fingerprint density at radius 1 is 1.00 bits per heavy atom. The van der Waals surface area contributed by atoms with Crippen molar-refractivity contribution in [3.8, 4) is 0 Å². The van der Waals surface area contributed by atoms with Gasteiger partial charge in [-0.3, -0.25) is 4.79 Å². The van der Waals surface area contributed by atoms with Crippen LogP contribution in [0.2, 0.25) is 0 Å². The van der Waals surface area contributed by atoms with E-state index in [4.69, 9.17) is 4.74 Å². The van der Waals surface area contributed by atoms with Crippen molar-refractivity contribution in [3.05, 3.63) is 64.7 Å². The lowest BCUT2D eigenvalue weighted by Crippen LogP contribution is -2.15. The van der Waals surface area contributed by atoms with Gasteiger partial charge in [0.15, 0.2) is 0 Å². The van der Waals surface area contributed by atoms with Crippen molar-refractivity contribution in [2.24, 2.45) is 0 Å². The Kier molecular flexibility index (Phi) is 4.94. The molecule has 0 aliphatic carbocycles. The Morgan fingerprint density at radius 3 is 2.36 bits per heavy atom. The second-order valence-corrected chi connectivity index (χ2v) is 4.97. The molecule has 2 aromatic carbocycles. The Morgan fingerprint density at radius 2 is 1.68 bits per heavy atom. The fourth-order valence-corrected chi connectivity index (χ4v) is 2.22. The zero-order valence-corrected chi connectivity index (χ0v) is 13.0. The Balaban J connectivity index is 2.27. The van der Waals surface area contributed by atoms with Gasteiger partial charge in [0.25, 0.3) is 5.91 Å². The van der Waals surface area contributed by atoms with Gasteiger partial charge in [0.1, 0.15) is 0 Å². The molecule has 4 nitrogen and oxygen atoms in total. The molecule has 0 saturated carbocycles. The topological polar surface area (TPSA) is 55.4 Å². The van der Waals surface area contributed by atoms with Crippen molar-refractivity contribution >= 4 is 17.6 Å². The molecule has 4 heteroatoms. The minimum absolute atomic E-state index is 0.192. The molecule has 2 aromatic rings. The van der Waals surface area contributed by atoms with Crippen LogP contribution in [0.1, 0.15) is 38.8 Å². The molecule has 2 rings (SSSR count). The van der Waals surface area contributed by atoms with Crippen LogP contribution in [0.15, 0.2) is 42.5 Å². The summed E-state index contributed by atoms with van der Waals surface area (Å²) in [6.07, 6.45) is 0. The van der Waals surface area contributed by atoms with Gasteiger partial charge in [0.2, 0.25) is 0 Å². The maximum atomic E-state index is 12.4. The average Bonchev–Trinajstić information content (AvgIpc) is 2.50. The molecule has 0 radical (unpaired) electrons. The first-order valence-corrected chi connectivity index (χ1v) is 7.18. The highest BCUT2D eigenvalue weighted by molar-refractivity contribution is 6.06. The first-order chi connectivity index (χ1) is 10.5. The number of anilines is 1. The van der Waals surface area contributed by atoms with E-state index in [1.165, 1.54) is 0 Å². The number of benzene rings is 2. The quantitative estimate of drug-likeness (QED) is 0.875. The van der Waals surface area contributed by atoms with Crippen molar-refractivity contribution in [2.75, 3.05) is 11.9 Å². The van der Waals surface area contributed by atoms with E-state index >= 15 is 0 Å². The summed E-state index contributed by atoms with van der Waals surface area (Å²) in [6, 6.07) is 12.6. The molecular weight excluding hydrogens is 278 g/mol. The number of rotatable bonds is 4. The molecule has 0 saturated heterocycles. The van der Waals surface area contributed by atoms with E-state index in [-0.39, 0.29) is 11.9 Å². The number of amides is 1. The molecule has 1 N–H and O–H groups in total. The number of esters is 1. The Hall–Kier alpha value is -2.62. The van der Waals surface area contributed by atoms with Gasteiger partial charge in [-0.25, -0.2) is 4.79 Å². The molecule has 114 valence electrons. The van der Waals surface area contributed by atoms with Crippen LogP contribution in [-0.2, 0) is 4.74 Å². The number of hydrogen-bond donors (Lipinski definition) is 1. The van der Waals surface area contributed by atoms with Crippen LogP contribution in [0.25, 0.3) is 0 Å². The molecule has 0 spiro atoms. The fourth-order valence-electron chi connectivity index (χ4n) is 2.22. The lowest BCUT2D eigenvalue weighted by Gasteiger charge is -2.12. The maximum Gasteiger partial charge on any atom is 0.338 e. The fraction of sp³-hybridized carbons (Fsp3) is 0.222. The molecule has 0 aliphatic rings. The molecule has 22 heavy (non-hydrogen) atoms. The van der Waals surface area contributed by atoms with Gasteiger partial charge in [-0.1, -0.05) is 24.3 Å². The normalized spacial score (nSPS) is 10.1. The van der Waals surface area contributed by atoms with Gasteiger partial charge in [-0.05, 0) is 50.1 Å². The highest BCUT2D eigenvalue weighted by Gasteiger charge is 2.15. The first-order valence-electron chi connectivity index (χ1n) is 7.18.